The molecule has 5 nitrogen and oxygen atoms in total. The van der Waals surface area contributed by atoms with Crippen molar-refractivity contribution in [3.8, 4) is 11.5 Å². The minimum absolute atomic E-state index is 0.0751. The fourth-order valence-corrected chi connectivity index (χ4v) is 8.52. The van der Waals surface area contributed by atoms with Crippen LogP contribution in [0.15, 0.2) is 24.3 Å². The van der Waals surface area contributed by atoms with Crippen molar-refractivity contribution in [2.24, 2.45) is 17.3 Å². The summed E-state index contributed by atoms with van der Waals surface area (Å²) in [6.45, 7) is 7.43. The molecule has 0 aromatic heterocycles. The summed E-state index contributed by atoms with van der Waals surface area (Å²) in [5.41, 5.74) is 0.580. The second-order valence-electron chi connectivity index (χ2n) is 11.8. The standard InChI is InChI=1S/C27H37NO4/c1-16(2)8-9-24(3,30)19-15-25-10-11-27(19,31-5)23-26(25)12-13-28(4)20(25)14-17-6-7-18(29)22(32-23)21(17)26/h6-7,10-11,16,19-20,23,29-30H,8-9,12-15H2,1-5H3/t19-,20-,23-,24-,25-,26+,27-/m1/s1. The number of benzene rings is 1. The normalized spacial score (nSPS) is 42.7. The molecule has 0 radical (unpaired) electrons. The van der Waals surface area contributed by atoms with Gasteiger partial charge in [0.15, 0.2) is 11.5 Å². The van der Waals surface area contributed by atoms with Crippen LogP contribution in [0.5, 0.6) is 11.5 Å². The molecule has 1 saturated carbocycles. The predicted molar refractivity (Wildman–Crippen MR) is 123 cm³/mol. The smallest absolute Gasteiger partial charge is 0.165 e. The average Bonchev–Trinajstić information content (AvgIpc) is 3.14. The van der Waals surface area contributed by atoms with Crippen molar-refractivity contribution in [1.82, 2.24) is 4.90 Å². The van der Waals surface area contributed by atoms with E-state index in [1.54, 1.807) is 13.2 Å². The monoisotopic (exact) mass is 439 g/mol. The lowest BCUT2D eigenvalue weighted by atomic mass is 9.36. The molecule has 5 heteroatoms. The van der Waals surface area contributed by atoms with Gasteiger partial charge in [-0.15, -0.1) is 0 Å². The summed E-state index contributed by atoms with van der Waals surface area (Å²) < 4.78 is 13.2. The molecule has 2 spiro atoms. The molecule has 1 aromatic carbocycles. The topological polar surface area (TPSA) is 62.2 Å². The minimum atomic E-state index is -0.868. The van der Waals surface area contributed by atoms with E-state index in [9.17, 15) is 10.2 Å². The van der Waals surface area contributed by atoms with E-state index in [0.29, 0.717) is 17.7 Å². The maximum atomic E-state index is 11.9. The van der Waals surface area contributed by atoms with Crippen LogP contribution in [0.2, 0.25) is 0 Å². The van der Waals surface area contributed by atoms with Crippen LogP contribution < -0.4 is 4.74 Å². The Balaban J connectivity index is 1.59. The first kappa shape index (κ1) is 21.0. The van der Waals surface area contributed by atoms with Crippen molar-refractivity contribution < 1.29 is 19.7 Å². The number of likely N-dealkylation sites (tertiary alicyclic amines) is 1. The Morgan fingerprint density at radius 1 is 1.31 bits per heavy atom. The third-order valence-electron chi connectivity index (χ3n) is 10.1. The van der Waals surface area contributed by atoms with Gasteiger partial charge in [-0.05, 0) is 70.2 Å². The van der Waals surface area contributed by atoms with E-state index in [-0.39, 0.29) is 28.6 Å². The van der Waals surface area contributed by atoms with Crippen LogP contribution in [0, 0.1) is 17.3 Å². The lowest BCUT2D eigenvalue weighted by molar-refractivity contribution is -0.247. The van der Waals surface area contributed by atoms with Gasteiger partial charge in [0, 0.05) is 30.0 Å². The highest BCUT2D eigenvalue weighted by Crippen LogP contribution is 2.75. The largest absolute Gasteiger partial charge is 0.504 e. The summed E-state index contributed by atoms with van der Waals surface area (Å²) in [5.74, 6) is 1.35. The fraction of sp³-hybridized carbons (Fsp3) is 0.704. The number of hydrogen-bond acceptors (Lipinski definition) is 5. The number of rotatable bonds is 5. The molecule has 0 amide bonds. The molecule has 7 rings (SSSR count). The molecular weight excluding hydrogens is 402 g/mol. The van der Waals surface area contributed by atoms with E-state index >= 15 is 0 Å². The number of aromatic hydroxyl groups is 1. The Kier molecular flexibility index (Phi) is 4.14. The van der Waals surface area contributed by atoms with Crippen LogP contribution in [-0.4, -0.2) is 59.2 Å². The quantitative estimate of drug-likeness (QED) is 0.684. The number of aliphatic hydroxyl groups is 1. The van der Waals surface area contributed by atoms with Gasteiger partial charge < -0.3 is 24.6 Å². The maximum absolute atomic E-state index is 11.9. The number of phenolic OH excluding ortho intramolecular Hbond substituents is 1. The van der Waals surface area contributed by atoms with E-state index in [0.717, 1.165) is 38.6 Å². The van der Waals surface area contributed by atoms with Crippen LogP contribution >= 0.6 is 0 Å². The molecule has 32 heavy (non-hydrogen) atoms. The fourth-order valence-electron chi connectivity index (χ4n) is 8.52. The highest BCUT2D eigenvalue weighted by atomic mass is 16.6. The average molecular weight is 440 g/mol. The van der Waals surface area contributed by atoms with Crippen LogP contribution in [0.25, 0.3) is 0 Å². The minimum Gasteiger partial charge on any atom is -0.504 e. The first-order valence-corrected chi connectivity index (χ1v) is 12.3. The third-order valence-corrected chi connectivity index (χ3v) is 10.1. The van der Waals surface area contributed by atoms with Gasteiger partial charge in [-0.1, -0.05) is 32.1 Å². The first-order chi connectivity index (χ1) is 15.1. The van der Waals surface area contributed by atoms with Crippen molar-refractivity contribution in [3.05, 3.63) is 35.4 Å². The second-order valence-corrected chi connectivity index (χ2v) is 11.8. The molecule has 4 bridgehead atoms. The SMILES string of the molecule is CO[C@]12C=C[C@@]3(C[C@@H]1[C@](C)(O)CCC(C)C)[C@H]1Cc4ccc(O)c5c4[C@@]3(CCN1C)[C@H]2O5. The Hall–Kier alpha value is -1.56. The van der Waals surface area contributed by atoms with Gasteiger partial charge in [-0.2, -0.15) is 0 Å². The van der Waals surface area contributed by atoms with Gasteiger partial charge in [0.1, 0.15) is 11.7 Å². The first-order valence-electron chi connectivity index (χ1n) is 12.3. The summed E-state index contributed by atoms with van der Waals surface area (Å²) in [6, 6.07) is 4.24. The van der Waals surface area contributed by atoms with Crippen molar-refractivity contribution in [1.29, 1.82) is 0 Å². The Morgan fingerprint density at radius 3 is 2.81 bits per heavy atom. The summed E-state index contributed by atoms with van der Waals surface area (Å²) in [6.07, 6.45) is 8.94. The van der Waals surface area contributed by atoms with E-state index in [2.05, 4.69) is 44.0 Å². The Bertz CT molecular complexity index is 1000. The molecule has 2 N–H and O–H groups in total. The lowest BCUT2D eigenvalue weighted by Gasteiger charge is -2.72. The van der Waals surface area contributed by atoms with E-state index in [1.807, 2.05) is 6.92 Å². The zero-order chi connectivity index (χ0) is 22.7. The molecule has 174 valence electrons. The summed E-state index contributed by atoms with van der Waals surface area (Å²) in [5, 5.41) is 22.7. The van der Waals surface area contributed by atoms with Crippen LogP contribution in [-0.2, 0) is 16.6 Å². The number of methoxy groups -OCH3 is 1. The number of nitrogens with zero attached hydrogens (tertiary/aromatic N) is 1. The third kappa shape index (κ3) is 2.17. The van der Waals surface area contributed by atoms with Gasteiger partial charge in [0.25, 0.3) is 0 Å². The zero-order valence-corrected chi connectivity index (χ0v) is 20.0. The summed E-state index contributed by atoms with van der Waals surface area (Å²) in [4.78, 5) is 2.52. The molecule has 6 aliphatic rings. The predicted octanol–water partition coefficient (Wildman–Crippen LogP) is 3.80. The maximum Gasteiger partial charge on any atom is 0.165 e. The van der Waals surface area contributed by atoms with Gasteiger partial charge in [-0.3, -0.25) is 0 Å². The highest BCUT2D eigenvalue weighted by Gasteiger charge is 2.80. The molecule has 7 atom stereocenters. The Labute approximate surface area is 191 Å². The molecule has 4 aliphatic carbocycles. The molecule has 1 saturated heterocycles. The van der Waals surface area contributed by atoms with Crippen LogP contribution in [0.1, 0.15) is 57.6 Å². The lowest BCUT2D eigenvalue weighted by Crippen LogP contribution is -2.80. The molecule has 2 aliphatic heterocycles. The number of fused-ring (bicyclic) bond motifs is 1. The summed E-state index contributed by atoms with van der Waals surface area (Å²) in [7, 11) is 4.02. The van der Waals surface area contributed by atoms with Crippen molar-refractivity contribution in [2.45, 2.75) is 81.6 Å². The molecule has 1 aromatic rings. The molecule has 2 fully saturated rings. The number of hydrogen-bond donors (Lipinski definition) is 2. The van der Waals surface area contributed by atoms with Crippen molar-refractivity contribution >= 4 is 0 Å². The van der Waals surface area contributed by atoms with E-state index in [1.165, 1.54) is 11.1 Å². The van der Waals surface area contributed by atoms with Crippen LogP contribution in [0.3, 0.4) is 0 Å². The molecule has 2 heterocycles. The van der Waals surface area contributed by atoms with E-state index in [4.69, 9.17) is 9.47 Å². The number of likely N-dealkylation sites (N-methyl/N-ethyl adjacent to an activating group) is 1. The van der Waals surface area contributed by atoms with Gasteiger partial charge in [0.2, 0.25) is 0 Å². The van der Waals surface area contributed by atoms with E-state index < -0.39 is 11.2 Å². The van der Waals surface area contributed by atoms with Crippen LogP contribution in [0.4, 0.5) is 0 Å². The Morgan fingerprint density at radius 2 is 2.09 bits per heavy atom. The van der Waals surface area contributed by atoms with Crippen molar-refractivity contribution in [2.75, 3.05) is 20.7 Å². The number of phenols is 1. The zero-order valence-electron chi connectivity index (χ0n) is 20.0. The molecular formula is C27H37NO4. The number of ether oxygens (including phenoxy) is 2. The van der Waals surface area contributed by atoms with Crippen molar-refractivity contribution in [3.63, 3.8) is 0 Å². The second kappa shape index (κ2) is 6.31. The van der Waals surface area contributed by atoms with Gasteiger partial charge in [-0.25, -0.2) is 0 Å². The molecule has 0 unspecified atom stereocenters. The summed E-state index contributed by atoms with van der Waals surface area (Å²) >= 11 is 0. The highest BCUT2D eigenvalue weighted by molar-refractivity contribution is 5.65. The van der Waals surface area contributed by atoms with Gasteiger partial charge in [0.05, 0.1) is 11.0 Å². The number of piperidine rings is 1. The van der Waals surface area contributed by atoms with Gasteiger partial charge >= 0.3 is 0 Å².